The highest BCUT2D eigenvalue weighted by atomic mass is 14.7. The first-order valence-corrected chi connectivity index (χ1v) is 4.98. The summed E-state index contributed by atoms with van der Waals surface area (Å²) >= 11 is 0. The molecule has 0 fully saturated rings. The first-order chi connectivity index (χ1) is 6.33. The van der Waals surface area contributed by atoms with E-state index in [1.807, 2.05) is 18.3 Å². The van der Waals surface area contributed by atoms with Crippen molar-refractivity contribution in [2.75, 3.05) is 0 Å². The van der Waals surface area contributed by atoms with Gasteiger partial charge in [-0.1, -0.05) is 19.4 Å². The summed E-state index contributed by atoms with van der Waals surface area (Å²) < 4.78 is 0. The average Bonchev–Trinajstić information content (AvgIpc) is 2.17. The normalized spacial score (nSPS) is 12.8. The van der Waals surface area contributed by atoms with Crippen LogP contribution < -0.4 is 5.73 Å². The van der Waals surface area contributed by atoms with Crippen LogP contribution in [0.25, 0.3) is 0 Å². The molecular weight excluding hydrogens is 160 g/mol. The van der Waals surface area contributed by atoms with Gasteiger partial charge in [-0.15, -0.1) is 0 Å². The Bertz CT molecular complexity index is 221. The second kappa shape index (κ2) is 5.70. The Kier molecular flexibility index (Phi) is 4.47. The zero-order chi connectivity index (χ0) is 9.52. The van der Waals surface area contributed by atoms with E-state index in [1.54, 1.807) is 0 Å². The van der Waals surface area contributed by atoms with Crippen LogP contribution in [-0.4, -0.2) is 11.0 Å². The van der Waals surface area contributed by atoms with Gasteiger partial charge in [0.05, 0.1) is 0 Å². The molecule has 0 saturated carbocycles. The fourth-order valence-corrected chi connectivity index (χ4v) is 1.39. The number of aromatic nitrogens is 1. The Morgan fingerprint density at radius 1 is 1.38 bits per heavy atom. The molecule has 0 spiro atoms. The van der Waals surface area contributed by atoms with Crippen LogP contribution in [0.3, 0.4) is 0 Å². The van der Waals surface area contributed by atoms with E-state index in [0.29, 0.717) is 6.04 Å². The maximum atomic E-state index is 5.90. The molecule has 0 aliphatic carbocycles. The van der Waals surface area contributed by atoms with Gasteiger partial charge < -0.3 is 5.73 Å². The van der Waals surface area contributed by atoms with Crippen LogP contribution in [0.5, 0.6) is 0 Å². The van der Waals surface area contributed by atoms with E-state index >= 15 is 0 Å². The molecule has 2 nitrogen and oxygen atoms in total. The standard InChI is InChI=1S/C11H18N2/c1-2-5-10(12)7-8-11-6-3-4-9-13-11/h3-4,6,9-10H,2,5,7-8,12H2,1H3. The number of aryl methyl sites for hydroxylation is 1. The quantitative estimate of drug-likeness (QED) is 0.750. The molecule has 0 aliphatic heterocycles. The minimum Gasteiger partial charge on any atom is -0.328 e. The van der Waals surface area contributed by atoms with Crippen molar-refractivity contribution in [1.29, 1.82) is 0 Å². The molecule has 1 atom stereocenters. The van der Waals surface area contributed by atoms with Crippen LogP contribution in [0, 0.1) is 0 Å². The number of nitrogens with two attached hydrogens (primary N) is 1. The summed E-state index contributed by atoms with van der Waals surface area (Å²) in [5.41, 5.74) is 7.05. The highest BCUT2D eigenvalue weighted by Crippen LogP contribution is 2.04. The van der Waals surface area contributed by atoms with Gasteiger partial charge in [0.2, 0.25) is 0 Å². The van der Waals surface area contributed by atoms with Crippen LogP contribution in [0.15, 0.2) is 24.4 Å². The molecule has 13 heavy (non-hydrogen) atoms. The van der Waals surface area contributed by atoms with Gasteiger partial charge in [-0.3, -0.25) is 4.98 Å². The molecule has 1 aromatic rings. The summed E-state index contributed by atoms with van der Waals surface area (Å²) in [6.45, 7) is 2.17. The van der Waals surface area contributed by atoms with E-state index in [-0.39, 0.29) is 0 Å². The molecular formula is C11H18N2. The van der Waals surface area contributed by atoms with E-state index in [4.69, 9.17) is 5.73 Å². The first kappa shape index (κ1) is 10.2. The number of rotatable bonds is 5. The molecule has 1 aromatic heterocycles. The zero-order valence-corrected chi connectivity index (χ0v) is 8.24. The van der Waals surface area contributed by atoms with Crippen molar-refractivity contribution < 1.29 is 0 Å². The van der Waals surface area contributed by atoms with Crippen LogP contribution in [-0.2, 0) is 6.42 Å². The average molecular weight is 178 g/mol. The first-order valence-electron chi connectivity index (χ1n) is 4.98. The van der Waals surface area contributed by atoms with E-state index in [2.05, 4.69) is 18.0 Å². The minimum absolute atomic E-state index is 0.340. The number of hydrogen-bond donors (Lipinski definition) is 1. The predicted octanol–water partition coefficient (Wildman–Crippen LogP) is 2.14. The SMILES string of the molecule is CCCC(N)CCc1ccccn1. The molecule has 1 heterocycles. The molecule has 0 radical (unpaired) electrons. The van der Waals surface area contributed by atoms with E-state index in [9.17, 15) is 0 Å². The van der Waals surface area contributed by atoms with Gasteiger partial charge in [0, 0.05) is 17.9 Å². The second-order valence-corrected chi connectivity index (χ2v) is 3.41. The lowest BCUT2D eigenvalue weighted by molar-refractivity contribution is 0.557. The van der Waals surface area contributed by atoms with Crippen molar-refractivity contribution in [2.45, 2.75) is 38.6 Å². The third-order valence-electron chi connectivity index (χ3n) is 2.16. The Labute approximate surface area is 80.2 Å². The van der Waals surface area contributed by atoms with Crippen molar-refractivity contribution in [3.63, 3.8) is 0 Å². The maximum Gasteiger partial charge on any atom is 0.0404 e. The Morgan fingerprint density at radius 2 is 2.23 bits per heavy atom. The van der Waals surface area contributed by atoms with E-state index in [0.717, 1.165) is 25.0 Å². The van der Waals surface area contributed by atoms with Crippen molar-refractivity contribution in [2.24, 2.45) is 5.73 Å². The summed E-state index contributed by atoms with van der Waals surface area (Å²) in [6, 6.07) is 6.36. The van der Waals surface area contributed by atoms with Gasteiger partial charge >= 0.3 is 0 Å². The third kappa shape index (κ3) is 4.04. The number of nitrogens with zero attached hydrogens (tertiary/aromatic N) is 1. The van der Waals surface area contributed by atoms with Crippen molar-refractivity contribution in [3.05, 3.63) is 30.1 Å². The van der Waals surface area contributed by atoms with Crippen molar-refractivity contribution >= 4 is 0 Å². The largest absolute Gasteiger partial charge is 0.328 e. The molecule has 1 rings (SSSR count). The van der Waals surface area contributed by atoms with Gasteiger partial charge in [0.25, 0.3) is 0 Å². The number of hydrogen-bond acceptors (Lipinski definition) is 2. The van der Waals surface area contributed by atoms with Gasteiger partial charge in [-0.25, -0.2) is 0 Å². The van der Waals surface area contributed by atoms with Crippen LogP contribution >= 0.6 is 0 Å². The molecule has 0 aromatic carbocycles. The van der Waals surface area contributed by atoms with E-state index in [1.165, 1.54) is 6.42 Å². The fourth-order valence-electron chi connectivity index (χ4n) is 1.39. The van der Waals surface area contributed by atoms with Gasteiger partial charge in [0.1, 0.15) is 0 Å². The zero-order valence-electron chi connectivity index (χ0n) is 8.24. The van der Waals surface area contributed by atoms with Gasteiger partial charge in [-0.2, -0.15) is 0 Å². The Morgan fingerprint density at radius 3 is 2.85 bits per heavy atom. The van der Waals surface area contributed by atoms with Gasteiger partial charge in [0.15, 0.2) is 0 Å². The van der Waals surface area contributed by atoms with Crippen LogP contribution in [0.1, 0.15) is 31.9 Å². The summed E-state index contributed by atoms with van der Waals surface area (Å²) in [7, 11) is 0. The molecule has 1 unspecified atom stereocenters. The van der Waals surface area contributed by atoms with Crippen molar-refractivity contribution in [1.82, 2.24) is 4.98 Å². The highest BCUT2D eigenvalue weighted by molar-refractivity contribution is 5.03. The third-order valence-corrected chi connectivity index (χ3v) is 2.16. The van der Waals surface area contributed by atoms with Crippen LogP contribution in [0.4, 0.5) is 0 Å². The summed E-state index contributed by atoms with van der Waals surface area (Å²) in [5.74, 6) is 0. The molecule has 0 saturated heterocycles. The Balaban J connectivity index is 2.27. The molecule has 0 bridgehead atoms. The summed E-state index contributed by atoms with van der Waals surface area (Å²) in [5, 5.41) is 0. The lowest BCUT2D eigenvalue weighted by Gasteiger charge is -2.08. The lowest BCUT2D eigenvalue weighted by atomic mass is 10.1. The topological polar surface area (TPSA) is 38.9 Å². The maximum absolute atomic E-state index is 5.90. The fraction of sp³-hybridized carbons (Fsp3) is 0.545. The van der Waals surface area contributed by atoms with E-state index < -0.39 is 0 Å². The minimum atomic E-state index is 0.340. The molecule has 0 amide bonds. The van der Waals surface area contributed by atoms with Gasteiger partial charge in [-0.05, 0) is 31.4 Å². The monoisotopic (exact) mass is 178 g/mol. The molecule has 72 valence electrons. The van der Waals surface area contributed by atoms with Crippen LogP contribution in [0.2, 0.25) is 0 Å². The molecule has 2 heteroatoms. The summed E-state index contributed by atoms with van der Waals surface area (Å²) in [4.78, 5) is 4.26. The smallest absolute Gasteiger partial charge is 0.0404 e. The molecule has 0 aliphatic rings. The van der Waals surface area contributed by atoms with Crippen molar-refractivity contribution in [3.8, 4) is 0 Å². The lowest BCUT2D eigenvalue weighted by Crippen LogP contribution is -2.20. The second-order valence-electron chi connectivity index (χ2n) is 3.41. The Hall–Kier alpha value is -0.890. The highest BCUT2D eigenvalue weighted by Gasteiger charge is 2.01. The molecule has 2 N–H and O–H groups in total. The summed E-state index contributed by atoms with van der Waals surface area (Å²) in [6.07, 6.45) is 6.17. The number of pyridine rings is 1. The predicted molar refractivity (Wildman–Crippen MR) is 55.4 cm³/mol.